The first-order chi connectivity index (χ1) is 10.5. The molecule has 0 saturated heterocycles. The van der Waals surface area contributed by atoms with Gasteiger partial charge in [-0.05, 0) is 32.3 Å². The summed E-state index contributed by atoms with van der Waals surface area (Å²) in [4.78, 5) is 24.0. The van der Waals surface area contributed by atoms with Gasteiger partial charge in [0.05, 0.1) is 6.10 Å². The molecule has 0 bridgehead atoms. The zero-order valence-corrected chi connectivity index (χ0v) is 13.9. The largest absolute Gasteiger partial charge is 0.378 e. The van der Waals surface area contributed by atoms with E-state index < -0.39 is 0 Å². The van der Waals surface area contributed by atoms with Gasteiger partial charge in [-0.25, -0.2) is 0 Å². The Morgan fingerprint density at radius 2 is 2.09 bits per heavy atom. The number of amides is 1. The van der Waals surface area contributed by atoms with Gasteiger partial charge in [-0.15, -0.1) is 0 Å². The summed E-state index contributed by atoms with van der Waals surface area (Å²) in [6.45, 7) is 6.99. The van der Waals surface area contributed by atoms with Crippen molar-refractivity contribution in [2.75, 3.05) is 6.61 Å². The maximum absolute atomic E-state index is 12.4. The standard InChI is InChI=1S/C17H26N2O3/c1-5-17(6-2)13(11-14(17)22-7-3)18-16(21)12-8-9-19(4)15(20)10-12/h8-10,13-14H,5-7,11H2,1-4H3,(H,18,21)/t13-,14+/m0/s1. The Morgan fingerprint density at radius 3 is 2.64 bits per heavy atom. The minimum absolute atomic E-state index is 0.00537. The van der Waals surface area contributed by atoms with E-state index in [0.717, 1.165) is 19.3 Å². The normalized spacial score (nSPS) is 22.9. The second kappa shape index (κ2) is 6.65. The molecule has 1 saturated carbocycles. The molecule has 5 nitrogen and oxygen atoms in total. The van der Waals surface area contributed by atoms with Gasteiger partial charge in [-0.1, -0.05) is 13.8 Å². The first-order valence-electron chi connectivity index (χ1n) is 8.07. The highest BCUT2D eigenvalue weighted by Gasteiger charge is 2.53. The molecule has 1 amide bonds. The summed E-state index contributed by atoms with van der Waals surface area (Å²) < 4.78 is 7.28. The number of rotatable bonds is 6. The average Bonchev–Trinajstić information content (AvgIpc) is 2.50. The van der Waals surface area contributed by atoms with Crippen LogP contribution in [0.2, 0.25) is 0 Å². The van der Waals surface area contributed by atoms with E-state index in [1.165, 1.54) is 10.6 Å². The van der Waals surface area contributed by atoms with Crippen molar-refractivity contribution >= 4 is 5.91 Å². The Balaban J connectivity index is 2.11. The van der Waals surface area contributed by atoms with Crippen LogP contribution >= 0.6 is 0 Å². The van der Waals surface area contributed by atoms with Gasteiger partial charge in [0, 0.05) is 42.9 Å². The van der Waals surface area contributed by atoms with E-state index in [4.69, 9.17) is 4.74 Å². The second-order valence-corrected chi connectivity index (χ2v) is 6.01. The third-order valence-corrected chi connectivity index (χ3v) is 5.14. The fraction of sp³-hybridized carbons (Fsp3) is 0.647. The number of aryl methyl sites for hydroxylation is 1. The molecule has 1 fully saturated rings. The predicted molar refractivity (Wildman–Crippen MR) is 86.0 cm³/mol. The topological polar surface area (TPSA) is 60.3 Å². The molecule has 1 aliphatic rings. The molecule has 5 heteroatoms. The molecule has 1 heterocycles. The van der Waals surface area contributed by atoms with E-state index >= 15 is 0 Å². The molecular formula is C17H26N2O3. The molecule has 0 aliphatic heterocycles. The molecule has 2 rings (SSSR count). The molecular weight excluding hydrogens is 280 g/mol. The maximum Gasteiger partial charge on any atom is 0.251 e. The van der Waals surface area contributed by atoms with Crippen LogP contribution in [0.3, 0.4) is 0 Å². The van der Waals surface area contributed by atoms with Crippen LogP contribution in [0.25, 0.3) is 0 Å². The Bertz CT molecular complexity index is 590. The zero-order chi connectivity index (χ0) is 16.3. The number of carbonyl (C=O) groups is 1. The highest BCUT2D eigenvalue weighted by molar-refractivity contribution is 5.94. The summed E-state index contributed by atoms with van der Waals surface area (Å²) >= 11 is 0. The number of ether oxygens (including phenoxy) is 1. The number of nitrogens with zero attached hydrogens (tertiary/aromatic N) is 1. The summed E-state index contributed by atoms with van der Waals surface area (Å²) in [5.74, 6) is -0.177. The lowest BCUT2D eigenvalue weighted by Gasteiger charge is -2.55. The first-order valence-corrected chi connectivity index (χ1v) is 8.07. The van der Waals surface area contributed by atoms with E-state index in [9.17, 15) is 9.59 Å². The van der Waals surface area contributed by atoms with Crippen LogP contribution in [0, 0.1) is 5.41 Å². The van der Waals surface area contributed by atoms with Crippen LogP contribution < -0.4 is 10.9 Å². The maximum atomic E-state index is 12.4. The van der Waals surface area contributed by atoms with Crippen molar-refractivity contribution in [1.29, 1.82) is 0 Å². The van der Waals surface area contributed by atoms with Crippen molar-refractivity contribution in [1.82, 2.24) is 9.88 Å². The van der Waals surface area contributed by atoms with E-state index in [-0.39, 0.29) is 29.0 Å². The van der Waals surface area contributed by atoms with Crippen molar-refractivity contribution in [2.24, 2.45) is 12.5 Å². The van der Waals surface area contributed by atoms with E-state index in [2.05, 4.69) is 19.2 Å². The summed E-state index contributed by atoms with van der Waals surface area (Å²) in [6.07, 6.45) is 4.60. The zero-order valence-electron chi connectivity index (χ0n) is 13.9. The SMILES string of the molecule is CCO[C@@H]1C[C@H](NC(=O)c2ccn(C)c(=O)c2)C1(CC)CC. The third-order valence-electron chi connectivity index (χ3n) is 5.14. The van der Waals surface area contributed by atoms with Crippen molar-refractivity contribution in [2.45, 2.75) is 52.2 Å². The van der Waals surface area contributed by atoms with Crippen LogP contribution in [0.5, 0.6) is 0 Å². The lowest BCUT2D eigenvalue weighted by Crippen LogP contribution is -2.64. The number of hydrogen-bond donors (Lipinski definition) is 1. The molecule has 2 atom stereocenters. The van der Waals surface area contributed by atoms with Crippen LogP contribution in [-0.2, 0) is 11.8 Å². The van der Waals surface area contributed by atoms with Gasteiger partial charge in [0.1, 0.15) is 0 Å². The molecule has 1 aromatic rings. The number of nitrogens with one attached hydrogen (secondary N) is 1. The summed E-state index contributed by atoms with van der Waals surface area (Å²) in [6, 6.07) is 3.17. The molecule has 0 radical (unpaired) electrons. The molecule has 1 aromatic heterocycles. The minimum Gasteiger partial charge on any atom is -0.378 e. The number of hydrogen-bond acceptors (Lipinski definition) is 3. The summed E-state index contributed by atoms with van der Waals surface area (Å²) in [5.41, 5.74) is 0.251. The van der Waals surface area contributed by atoms with Gasteiger partial charge < -0.3 is 14.6 Å². The summed E-state index contributed by atoms with van der Waals surface area (Å²) in [5, 5.41) is 3.09. The Labute approximate surface area is 131 Å². The quantitative estimate of drug-likeness (QED) is 0.875. The van der Waals surface area contributed by atoms with E-state index in [1.54, 1.807) is 19.3 Å². The monoisotopic (exact) mass is 306 g/mol. The highest BCUT2D eigenvalue weighted by atomic mass is 16.5. The van der Waals surface area contributed by atoms with Crippen LogP contribution in [-0.4, -0.2) is 29.2 Å². The van der Waals surface area contributed by atoms with Crippen molar-refractivity contribution < 1.29 is 9.53 Å². The lowest BCUT2D eigenvalue weighted by molar-refractivity contribution is -0.134. The van der Waals surface area contributed by atoms with E-state index in [0.29, 0.717) is 12.2 Å². The van der Waals surface area contributed by atoms with Gasteiger partial charge in [-0.2, -0.15) is 0 Å². The highest BCUT2D eigenvalue weighted by Crippen LogP contribution is 2.48. The van der Waals surface area contributed by atoms with Gasteiger partial charge in [0.25, 0.3) is 11.5 Å². The van der Waals surface area contributed by atoms with Gasteiger partial charge >= 0.3 is 0 Å². The average molecular weight is 306 g/mol. The van der Waals surface area contributed by atoms with Crippen LogP contribution in [0.1, 0.15) is 50.4 Å². The smallest absolute Gasteiger partial charge is 0.251 e. The lowest BCUT2D eigenvalue weighted by atomic mass is 9.58. The van der Waals surface area contributed by atoms with Gasteiger partial charge in [-0.3, -0.25) is 9.59 Å². The molecule has 1 aliphatic carbocycles. The van der Waals surface area contributed by atoms with Crippen molar-refractivity contribution in [3.05, 3.63) is 34.2 Å². The van der Waals surface area contributed by atoms with Gasteiger partial charge in [0.2, 0.25) is 0 Å². The molecule has 1 N–H and O–H groups in total. The Kier molecular flexibility index (Phi) is 5.06. The number of aromatic nitrogens is 1. The predicted octanol–water partition coefficient (Wildman–Crippen LogP) is 2.10. The number of pyridine rings is 1. The second-order valence-electron chi connectivity index (χ2n) is 6.01. The summed E-state index contributed by atoms with van der Waals surface area (Å²) in [7, 11) is 1.67. The van der Waals surface area contributed by atoms with Crippen molar-refractivity contribution in [3.8, 4) is 0 Å². The Morgan fingerprint density at radius 1 is 1.41 bits per heavy atom. The van der Waals surface area contributed by atoms with Crippen LogP contribution in [0.15, 0.2) is 23.1 Å². The number of carbonyl (C=O) groups excluding carboxylic acids is 1. The first kappa shape index (κ1) is 16.7. The molecule has 0 unspecified atom stereocenters. The minimum atomic E-state index is -0.177. The third kappa shape index (κ3) is 2.82. The molecule has 122 valence electrons. The fourth-order valence-electron chi connectivity index (χ4n) is 3.51. The molecule has 0 aromatic carbocycles. The Hall–Kier alpha value is -1.62. The van der Waals surface area contributed by atoms with Gasteiger partial charge in [0.15, 0.2) is 0 Å². The van der Waals surface area contributed by atoms with Crippen LogP contribution in [0.4, 0.5) is 0 Å². The molecule has 22 heavy (non-hydrogen) atoms. The molecule has 0 spiro atoms. The van der Waals surface area contributed by atoms with Crippen molar-refractivity contribution in [3.63, 3.8) is 0 Å². The fourth-order valence-corrected chi connectivity index (χ4v) is 3.51. The van der Waals surface area contributed by atoms with E-state index in [1.807, 2.05) is 6.92 Å².